The third-order valence-corrected chi connectivity index (χ3v) is 4.95. The molecule has 0 saturated carbocycles. The number of carbonyl (C=O) groups is 2. The molecular weight excluding hydrogens is 386 g/mol. The Balaban J connectivity index is 0.000000806. The van der Waals surface area contributed by atoms with Crippen molar-refractivity contribution >= 4 is 18.2 Å². The first-order valence-corrected chi connectivity index (χ1v) is 9.68. The average Bonchev–Trinajstić information content (AvgIpc) is 3.14. The van der Waals surface area contributed by atoms with Gasteiger partial charge in [0.1, 0.15) is 17.7 Å². The summed E-state index contributed by atoms with van der Waals surface area (Å²) in [7, 11) is 0. The van der Waals surface area contributed by atoms with E-state index in [0.29, 0.717) is 0 Å². The Labute approximate surface area is 173 Å². The fourth-order valence-electron chi connectivity index (χ4n) is 3.71. The van der Waals surface area contributed by atoms with E-state index in [2.05, 4.69) is 29.4 Å². The summed E-state index contributed by atoms with van der Waals surface area (Å²) in [6, 6.07) is 11.3. The fourth-order valence-corrected chi connectivity index (χ4v) is 3.71. The second kappa shape index (κ2) is 9.25. The number of benzene rings is 1. The number of nitrogens with two attached hydrogens (primary N) is 1. The summed E-state index contributed by atoms with van der Waals surface area (Å²) in [4.78, 5) is 19.7. The largest absolute Gasteiger partial charge is 0.484 e. The van der Waals surface area contributed by atoms with Crippen molar-refractivity contribution in [3.8, 4) is 5.75 Å². The number of fused-ring (bicyclic) bond motifs is 2. The average molecular weight is 411 g/mol. The molecular formula is C21H25N5O4. The number of pyridine rings is 1. The molecule has 2 unspecified atom stereocenters. The highest BCUT2D eigenvalue weighted by Gasteiger charge is 2.29. The van der Waals surface area contributed by atoms with Crippen LogP contribution in [0.25, 0.3) is 5.65 Å². The predicted octanol–water partition coefficient (Wildman–Crippen LogP) is 3.18. The molecule has 9 heteroatoms. The molecule has 0 aliphatic heterocycles. The Hall–Kier alpha value is -3.62. The van der Waals surface area contributed by atoms with Gasteiger partial charge in [0.25, 0.3) is 6.47 Å². The number of hydrogen-bond donors (Lipinski definition) is 3. The summed E-state index contributed by atoms with van der Waals surface area (Å²) in [5, 5.41) is 18.2. The molecule has 3 aromatic rings. The number of hydrogen-bond acceptors (Lipinski definition) is 5. The lowest BCUT2D eigenvalue weighted by Gasteiger charge is -2.32. The lowest BCUT2D eigenvalue weighted by Crippen LogP contribution is -2.36. The van der Waals surface area contributed by atoms with Crippen LogP contribution in [0.4, 0.5) is 4.79 Å². The molecule has 2 aromatic heterocycles. The summed E-state index contributed by atoms with van der Waals surface area (Å²) >= 11 is 0. The van der Waals surface area contributed by atoms with Crippen LogP contribution in [-0.4, -0.2) is 32.2 Å². The summed E-state index contributed by atoms with van der Waals surface area (Å²) < 4.78 is 8.31. The van der Waals surface area contributed by atoms with Gasteiger partial charge >= 0.3 is 6.03 Å². The highest BCUT2D eigenvalue weighted by molar-refractivity contribution is 5.72. The summed E-state index contributed by atoms with van der Waals surface area (Å²) in [6.07, 6.45) is 3.43. The molecule has 158 valence electrons. The predicted molar refractivity (Wildman–Crippen MR) is 110 cm³/mol. The Kier molecular flexibility index (Phi) is 6.51. The van der Waals surface area contributed by atoms with Gasteiger partial charge in [0.2, 0.25) is 0 Å². The number of nitrogens with zero attached hydrogens (tertiary/aromatic N) is 3. The molecule has 9 nitrogen and oxygen atoms in total. The number of ether oxygens (including phenoxy) is 1. The molecule has 0 saturated heterocycles. The minimum atomic E-state index is -0.506. The molecule has 1 aliphatic rings. The van der Waals surface area contributed by atoms with Gasteiger partial charge in [-0.3, -0.25) is 9.20 Å². The first kappa shape index (κ1) is 21.1. The Morgan fingerprint density at radius 2 is 1.93 bits per heavy atom. The van der Waals surface area contributed by atoms with Crippen LogP contribution in [0.5, 0.6) is 5.75 Å². The highest BCUT2D eigenvalue weighted by atomic mass is 16.5. The Morgan fingerprint density at radius 3 is 2.60 bits per heavy atom. The zero-order valence-electron chi connectivity index (χ0n) is 16.9. The van der Waals surface area contributed by atoms with Gasteiger partial charge < -0.3 is 20.9 Å². The standard InChI is InChI=1S/C20H23N5O2.CH2O2/c1-12(2)19-24-23-18-10-7-13(11-25(18)19)27-17-9-8-16(22-20(21)26)14-5-3-4-6-15(14)17;2-1-3/h3-7,10-12,16-17H,8-9H2,1-2H3,(H3,21,22,26);1H,(H,2,3). The van der Waals surface area contributed by atoms with Crippen LogP contribution in [0, 0.1) is 0 Å². The van der Waals surface area contributed by atoms with Crippen molar-refractivity contribution in [2.75, 3.05) is 0 Å². The fraction of sp³-hybridized carbons (Fsp3) is 0.333. The van der Waals surface area contributed by atoms with E-state index in [1.165, 1.54) is 0 Å². The Bertz CT molecular complexity index is 1030. The molecule has 1 aromatic carbocycles. The number of nitrogens with one attached hydrogen (secondary N) is 1. The topological polar surface area (TPSA) is 132 Å². The van der Waals surface area contributed by atoms with Crippen molar-refractivity contribution < 1.29 is 19.4 Å². The monoisotopic (exact) mass is 411 g/mol. The van der Waals surface area contributed by atoms with Crippen LogP contribution in [0.3, 0.4) is 0 Å². The first-order chi connectivity index (χ1) is 14.4. The molecule has 2 heterocycles. The van der Waals surface area contributed by atoms with Gasteiger partial charge in [-0.1, -0.05) is 38.1 Å². The number of aromatic nitrogens is 3. The van der Waals surface area contributed by atoms with Gasteiger partial charge in [-0.25, -0.2) is 4.79 Å². The van der Waals surface area contributed by atoms with E-state index in [9.17, 15) is 4.79 Å². The van der Waals surface area contributed by atoms with Gasteiger partial charge in [-0.15, -0.1) is 10.2 Å². The molecule has 0 radical (unpaired) electrons. The van der Waals surface area contributed by atoms with Crippen LogP contribution in [-0.2, 0) is 4.79 Å². The van der Waals surface area contributed by atoms with Crippen LogP contribution in [0.1, 0.15) is 61.7 Å². The van der Waals surface area contributed by atoms with Gasteiger partial charge in [0.15, 0.2) is 5.65 Å². The van der Waals surface area contributed by atoms with E-state index in [1.807, 2.05) is 47.0 Å². The molecule has 1 aliphatic carbocycles. The second-order valence-corrected chi connectivity index (χ2v) is 7.29. The van der Waals surface area contributed by atoms with Crippen molar-refractivity contribution in [3.05, 3.63) is 59.5 Å². The van der Waals surface area contributed by atoms with Gasteiger partial charge in [-0.2, -0.15) is 0 Å². The minimum absolute atomic E-state index is 0.0774. The van der Waals surface area contributed by atoms with E-state index in [0.717, 1.165) is 41.2 Å². The molecule has 0 spiro atoms. The smallest absolute Gasteiger partial charge is 0.312 e. The lowest BCUT2D eigenvalue weighted by molar-refractivity contribution is -0.122. The number of rotatable bonds is 4. The number of carbonyl (C=O) groups excluding carboxylic acids is 1. The quantitative estimate of drug-likeness (QED) is 0.565. The number of urea groups is 1. The van der Waals surface area contributed by atoms with Gasteiger partial charge in [0, 0.05) is 5.92 Å². The van der Waals surface area contributed by atoms with Crippen molar-refractivity contribution in [1.82, 2.24) is 19.9 Å². The molecule has 0 bridgehead atoms. The molecule has 30 heavy (non-hydrogen) atoms. The summed E-state index contributed by atoms with van der Waals surface area (Å²) in [5.74, 6) is 1.95. The summed E-state index contributed by atoms with van der Waals surface area (Å²) in [6.45, 7) is 3.93. The minimum Gasteiger partial charge on any atom is -0.484 e. The molecule has 0 fully saturated rings. The van der Waals surface area contributed by atoms with Crippen molar-refractivity contribution in [2.24, 2.45) is 5.73 Å². The molecule has 2 atom stereocenters. The maximum Gasteiger partial charge on any atom is 0.312 e. The second-order valence-electron chi connectivity index (χ2n) is 7.29. The number of carboxylic acid groups (broad SMARTS) is 1. The third-order valence-electron chi connectivity index (χ3n) is 4.95. The van der Waals surface area contributed by atoms with Crippen molar-refractivity contribution in [2.45, 2.75) is 44.8 Å². The maximum atomic E-state index is 11.3. The number of amides is 2. The van der Waals surface area contributed by atoms with Crippen LogP contribution in [0.15, 0.2) is 42.6 Å². The first-order valence-electron chi connectivity index (χ1n) is 9.68. The SMILES string of the molecule is CC(C)c1nnc2ccc(OC3CCC(NC(N)=O)c4ccccc43)cn12.O=CO. The van der Waals surface area contributed by atoms with Crippen LogP contribution < -0.4 is 15.8 Å². The maximum absolute atomic E-state index is 11.3. The van der Waals surface area contributed by atoms with Crippen molar-refractivity contribution in [3.63, 3.8) is 0 Å². The molecule has 4 rings (SSSR count). The third kappa shape index (κ3) is 4.51. The lowest BCUT2D eigenvalue weighted by atomic mass is 9.85. The summed E-state index contributed by atoms with van der Waals surface area (Å²) in [5.41, 5.74) is 8.27. The normalized spacial score (nSPS) is 17.6. The van der Waals surface area contributed by atoms with Gasteiger partial charge in [-0.05, 0) is 36.1 Å². The molecule has 2 amide bonds. The Morgan fingerprint density at radius 1 is 1.23 bits per heavy atom. The van der Waals surface area contributed by atoms with E-state index in [-0.39, 0.29) is 24.5 Å². The van der Waals surface area contributed by atoms with E-state index in [1.54, 1.807) is 0 Å². The van der Waals surface area contributed by atoms with Gasteiger partial charge in [0.05, 0.1) is 12.2 Å². The highest BCUT2D eigenvalue weighted by Crippen LogP contribution is 2.38. The van der Waals surface area contributed by atoms with E-state index < -0.39 is 6.03 Å². The zero-order valence-corrected chi connectivity index (χ0v) is 16.9. The van der Waals surface area contributed by atoms with E-state index >= 15 is 0 Å². The van der Waals surface area contributed by atoms with Crippen LogP contribution >= 0.6 is 0 Å². The number of primary amides is 1. The van der Waals surface area contributed by atoms with E-state index in [4.69, 9.17) is 20.4 Å². The van der Waals surface area contributed by atoms with Crippen molar-refractivity contribution in [1.29, 1.82) is 0 Å². The molecule has 4 N–H and O–H groups in total. The zero-order chi connectivity index (χ0) is 21.7. The van der Waals surface area contributed by atoms with Crippen LogP contribution in [0.2, 0.25) is 0 Å².